The Morgan fingerprint density at radius 2 is 1.36 bits per heavy atom. The first-order chi connectivity index (χ1) is 13.7. The van der Waals surface area contributed by atoms with Crippen LogP contribution in [0.5, 0.6) is 0 Å². The van der Waals surface area contributed by atoms with E-state index < -0.39 is 0 Å². The topological polar surface area (TPSA) is 0 Å². The largest absolute Gasteiger partial charge is 0.195 e. The molecule has 0 N–H and O–H groups in total. The zero-order valence-electron chi connectivity index (χ0n) is 15.0. The van der Waals surface area contributed by atoms with Crippen molar-refractivity contribution in [1.29, 1.82) is 0 Å². The fourth-order valence-electron chi connectivity index (χ4n) is 4.25. The summed E-state index contributed by atoms with van der Waals surface area (Å²) in [5, 5.41) is 3.52. The summed E-state index contributed by atoms with van der Waals surface area (Å²) < 4.78 is 16.1. The molecule has 0 saturated carbocycles. The Kier molecular flexibility index (Phi) is 3.74. The van der Waals surface area contributed by atoms with Gasteiger partial charge in [-0.2, -0.15) is 4.39 Å². The van der Waals surface area contributed by atoms with Gasteiger partial charge in [0.05, 0.1) is 0 Å². The van der Waals surface area contributed by atoms with Crippen LogP contribution in [-0.4, -0.2) is 0 Å². The van der Waals surface area contributed by atoms with E-state index in [1.54, 1.807) is 6.07 Å². The lowest BCUT2D eigenvalue weighted by molar-refractivity contribution is 0.658. The highest BCUT2D eigenvalue weighted by atomic mass is 32.1. The first-order valence-electron chi connectivity index (χ1n) is 9.30. The molecule has 0 saturated heterocycles. The van der Waals surface area contributed by atoms with Gasteiger partial charge in [0, 0.05) is 25.0 Å². The summed E-state index contributed by atoms with van der Waals surface area (Å²) in [5.74, 6) is 0. The normalized spacial score (nSPS) is 12.2. The van der Waals surface area contributed by atoms with Gasteiger partial charge in [-0.3, -0.25) is 0 Å². The van der Waals surface area contributed by atoms with Gasteiger partial charge in [0.2, 0.25) is 0 Å². The number of halogens is 1. The van der Waals surface area contributed by atoms with Crippen molar-refractivity contribution < 1.29 is 4.39 Å². The summed E-state index contributed by atoms with van der Waals surface area (Å²) in [7, 11) is 2.74. The van der Waals surface area contributed by atoms with E-state index in [4.69, 9.17) is 0 Å². The van der Waals surface area contributed by atoms with Crippen LogP contribution in [-0.2, 0) is 12.8 Å². The van der Waals surface area contributed by atoms with E-state index >= 15 is 0 Å². The van der Waals surface area contributed by atoms with Crippen LogP contribution in [0.4, 0.5) is 4.39 Å². The van der Waals surface area contributed by atoms with Gasteiger partial charge in [-0.05, 0) is 70.2 Å². The van der Waals surface area contributed by atoms with Gasteiger partial charge in [0.15, 0.2) is 5.13 Å². The summed E-state index contributed by atoms with van der Waals surface area (Å²) in [5.41, 5.74) is 6.48. The van der Waals surface area contributed by atoms with Crippen LogP contribution in [0.3, 0.4) is 0 Å². The first-order valence-corrected chi connectivity index (χ1v) is 11.5. The van der Waals surface area contributed by atoms with E-state index in [-0.39, 0.29) is 5.13 Å². The van der Waals surface area contributed by atoms with Crippen LogP contribution in [0.2, 0.25) is 0 Å². The fourth-order valence-corrected chi connectivity index (χ4v) is 6.31. The van der Waals surface area contributed by atoms with Crippen LogP contribution in [0, 0.1) is 5.13 Å². The van der Waals surface area contributed by atoms with Crippen LogP contribution in [0.25, 0.3) is 42.4 Å². The molecule has 0 amide bonds. The molecule has 1 aliphatic rings. The summed E-state index contributed by atoms with van der Waals surface area (Å²) in [4.78, 5) is 1.43. The molecule has 1 atom stereocenters. The third-order valence-corrected chi connectivity index (χ3v) is 8.03. The molecular weight excluding hydrogens is 402 g/mol. The van der Waals surface area contributed by atoms with E-state index in [1.807, 2.05) is 11.3 Å². The van der Waals surface area contributed by atoms with Crippen molar-refractivity contribution in [2.45, 2.75) is 12.8 Å². The van der Waals surface area contributed by atoms with Gasteiger partial charge in [-0.1, -0.05) is 36.4 Å². The number of thiophene rings is 2. The smallest absolute Gasteiger partial charge is 0.177 e. The van der Waals surface area contributed by atoms with Crippen molar-refractivity contribution >= 4 is 57.4 Å². The van der Waals surface area contributed by atoms with Crippen molar-refractivity contribution in [2.75, 3.05) is 0 Å². The maximum Gasteiger partial charge on any atom is 0.177 e. The first kappa shape index (κ1) is 16.9. The van der Waals surface area contributed by atoms with Crippen LogP contribution in [0.1, 0.15) is 10.4 Å². The Hall–Kier alpha value is -2.06. The number of hydrogen-bond donors (Lipinski definition) is 0. The van der Waals surface area contributed by atoms with E-state index in [1.165, 1.54) is 59.4 Å². The molecule has 28 heavy (non-hydrogen) atoms. The lowest BCUT2D eigenvalue weighted by atomic mass is 9.77. The quantitative estimate of drug-likeness (QED) is 0.267. The third-order valence-electron chi connectivity index (χ3n) is 5.60. The average molecular weight is 418 g/mol. The zero-order chi connectivity index (χ0) is 18.8. The van der Waals surface area contributed by atoms with Gasteiger partial charge >= 0.3 is 0 Å². The van der Waals surface area contributed by atoms with Crippen molar-refractivity contribution in [3.05, 3.63) is 76.2 Å². The van der Waals surface area contributed by atoms with E-state index in [9.17, 15) is 4.39 Å². The minimum atomic E-state index is -0.106. The van der Waals surface area contributed by atoms with E-state index in [0.29, 0.717) is 0 Å². The van der Waals surface area contributed by atoms with E-state index in [2.05, 4.69) is 63.8 Å². The second-order valence-corrected chi connectivity index (χ2v) is 10.2. The minimum Gasteiger partial charge on any atom is -0.195 e. The van der Waals surface area contributed by atoms with Gasteiger partial charge in [-0.15, -0.1) is 31.9 Å². The number of benzene rings is 3. The molecule has 6 rings (SSSR count). The minimum absolute atomic E-state index is 0.106. The number of aryl methyl sites for hydroxylation is 2. The molecule has 0 radical (unpaired) electrons. The van der Waals surface area contributed by atoms with Crippen molar-refractivity contribution in [1.82, 2.24) is 0 Å². The molecule has 5 aromatic rings. The SMILES string of the molecule is Fc1cc2c3c(ccc2s1)-c1c-3ccc2sc(CCc3ccc(P)cc3)cc12. The van der Waals surface area contributed by atoms with Gasteiger partial charge in [0.25, 0.3) is 0 Å². The molecule has 136 valence electrons. The molecule has 0 bridgehead atoms. The molecule has 2 aromatic heterocycles. The fraction of sp³-hybridized carbons (Fsp3) is 0.0833. The number of fused-ring (bicyclic) bond motifs is 8. The molecule has 1 unspecified atom stereocenters. The Morgan fingerprint density at radius 3 is 2.07 bits per heavy atom. The Labute approximate surface area is 172 Å². The van der Waals surface area contributed by atoms with Crippen molar-refractivity contribution in [3.8, 4) is 22.3 Å². The molecule has 0 nitrogen and oxygen atoms in total. The Balaban J connectivity index is 1.38. The Bertz CT molecular complexity index is 1380. The molecule has 0 fully saturated rings. The highest BCUT2D eigenvalue weighted by Crippen LogP contribution is 2.55. The number of hydrogen-bond acceptors (Lipinski definition) is 2. The molecule has 1 aliphatic carbocycles. The summed E-state index contributed by atoms with van der Waals surface area (Å²) in [6.45, 7) is 0. The summed E-state index contributed by atoms with van der Waals surface area (Å²) in [6, 6.07) is 21.5. The van der Waals surface area contributed by atoms with Crippen LogP contribution >= 0.6 is 31.9 Å². The second kappa shape index (κ2) is 6.22. The molecule has 3 aromatic carbocycles. The summed E-state index contributed by atoms with van der Waals surface area (Å²) in [6.07, 6.45) is 2.12. The standard InChI is InChI=1S/C24H16FPS2/c25-22-12-19-21(28-22)10-8-17-23-16(24(17)19)7-9-20-18(23)11-15(27-20)6-3-13-1-4-14(26)5-2-13/h1-2,4-5,7-12H,3,6,26H2. The Morgan fingerprint density at radius 1 is 0.714 bits per heavy atom. The maximum atomic E-state index is 13.8. The molecule has 4 heteroatoms. The van der Waals surface area contributed by atoms with Crippen molar-refractivity contribution in [2.24, 2.45) is 0 Å². The van der Waals surface area contributed by atoms with Crippen LogP contribution in [0.15, 0.2) is 60.7 Å². The monoisotopic (exact) mass is 418 g/mol. The molecule has 2 heterocycles. The van der Waals surface area contributed by atoms with Gasteiger partial charge in [-0.25, -0.2) is 0 Å². The lowest BCUT2D eigenvalue weighted by Gasteiger charge is -2.25. The third kappa shape index (κ3) is 2.50. The molecule has 0 aliphatic heterocycles. The predicted octanol–water partition coefficient (Wildman–Crippen LogP) is 7.19. The second-order valence-electron chi connectivity index (χ2n) is 7.30. The average Bonchev–Trinajstić information content (AvgIpc) is 3.24. The van der Waals surface area contributed by atoms with Gasteiger partial charge < -0.3 is 0 Å². The highest BCUT2D eigenvalue weighted by molar-refractivity contribution is 7.27. The maximum absolute atomic E-state index is 13.8. The predicted molar refractivity (Wildman–Crippen MR) is 125 cm³/mol. The highest BCUT2D eigenvalue weighted by Gasteiger charge is 2.28. The van der Waals surface area contributed by atoms with Gasteiger partial charge in [0.1, 0.15) is 0 Å². The van der Waals surface area contributed by atoms with Crippen molar-refractivity contribution in [3.63, 3.8) is 0 Å². The summed E-state index contributed by atoms with van der Waals surface area (Å²) >= 11 is 3.13. The zero-order valence-corrected chi connectivity index (χ0v) is 17.7. The number of rotatable bonds is 3. The lowest BCUT2D eigenvalue weighted by Crippen LogP contribution is -1.99. The van der Waals surface area contributed by atoms with E-state index in [0.717, 1.165) is 22.9 Å². The molecular formula is C24H16FPS2. The van der Waals surface area contributed by atoms with Crippen LogP contribution < -0.4 is 5.30 Å². The molecule has 0 spiro atoms.